The maximum Gasteiger partial charge on any atom is 0.00666 e. The van der Waals surface area contributed by atoms with Gasteiger partial charge in [-0.05, 0) is 25.4 Å². The van der Waals surface area contributed by atoms with Crippen LogP contribution >= 0.6 is 12.6 Å². The number of nitrogens with one attached hydrogen (secondary N) is 1. The molecule has 2 atom stereocenters. The summed E-state index contributed by atoms with van der Waals surface area (Å²) in [5.74, 6) is 0.757. The average molecular weight is 131 g/mol. The lowest BCUT2D eigenvalue weighted by atomic mass is 10.0. The van der Waals surface area contributed by atoms with Gasteiger partial charge in [-0.3, -0.25) is 0 Å². The lowest BCUT2D eigenvalue weighted by molar-refractivity contribution is 0.419. The lowest BCUT2D eigenvalue weighted by Crippen LogP contribution is -2.35. The van der Waals surface area contributed by atoms with Crippen molar-refractivity contribution in [3.63, 3.8) is 0 Å². The van der Waals surface area contributed by atoms with Crippen molar-refractivity contribution in [3.05, 3.63) is 0 Å². The minimum absolute atomic E-state index is 0.635. The van der Waals surface area contributed by atoms with Crippen molar-refractivity contribution >= 4 is 12.6 Å². The fourth-order valence-corrected chi connectivity index (χ4v) is 1.23. The molecule has 1 aliphatic heterocycles. The van der Waals surface area contributed by atoms with Crippen LogP contribution < -0.4 is 5.32 Å². The summed E-state index contributed by atoms with van der Waals surface area (Å²) in [5, 5.41) is 3.95. The third-order valence-corrected chi connectivity index (χ3v) is 2.51. The summed E-state index contributed by atoms with van der Waals surface area (Å²) in [6, 6.07) is 0. The van der Waals surface area contributed by atoms with Gasteiger partial charge in [0.25, 0.3) is 0 Å². The van der Waals surface area contributed by atoms with E-state index in [-0.39, 0.29) is 0 Å². The molecule has 1 fully saturated rings. The number of rotatable bonds is 0. The van der Waals surface area contributed by atoms with Gasteiger partial charge in [0.05, 0.1) is 0 Å². The van der Waals surface area contributed by atoms with E-state index in [0.717, 1.165) is 19.0 Å². The topological polar surface area (TPSA) is 12.0 Å². The van der Waals surface area contributed by atoms with Gasteiger partial charge in [0.1, 0.15) is 0 Å². The Hall–Kier alpha value is 0.310. The highest BCUT2D eigenvalue weighted by Crippen LogP contribution is 2.15. The quantitative estimate of drug-likeness (QED) is 0.466. The van der Waals surface area contributed by atoms with Gasteiger partial charge in [-0.25, -0.2) is 0 Å². The maximum atomic E-state index is 4.42. The Kier molecular flexibility index (Phi) is 2.20. The van der Waals surface area contributed by atoms with Gasteiger partial charge in [-0.1, -0.05) is 6.92 Å². The van der Waals surface area contributed by atoms with E-state index in [0.29, 0.717) is 5.25 Å². The zero-order chi connectivity index (χ0) is 5.98. The third kappa shape index (κ3) is 1.39. The van der Waals surface area contributed by atoms with E-state index in [9.17, 15) is 0 Å². The van der Waals surface area contributed by atoms with Crippen molar-refractivity contribution in [2.45, 2.75) is 18.6 Å². The minimum atomic E-state index is 0.635. The Morgan fingerprint density at radius 1 is 1.62 bits per heavy atom. The predicted octanol–water partition coefficient (Wildman–Crippen LogP) is 0.914. The zero-order valence-electron chi connectivity index (χ0n) is 5.22. The molecule has 1 aliphatic rings. The van der Waals surface area contributed by atoms with Crippen LogP contribution in [0.4, 0.5) is 0 Å². The molecule has 0 radical (unpaired) electrons. The fraction of sp³-hybridized carbons (Fsp3) is 1.00. The van der Waals surface area contributed by atoms with Crippen molar-refractivity contribution in [1.29, 1.82) is 0 Å². The second-order valence-corrected chi connectivity index (χ2v) is 3.20. The lowest BCUT2D eigenvalue weighted by Gasteiger charge is -2.24. The van der Waals surface area contributed by atoms with Gasteiger partial charge in [0.2, 0.25) is 0 Å². The molecule has 0 aromatic rings. The molecular formula is C6H13NS. The second-order valence-electron chi connectivity index (χ2n) is 2.54. The van der Waals surface area contributed by atoms with Crippen LogP contribution in [0.5, 0.6) is 0 Å². The Labute approximate surface area is 56.3 Å². The van der Waals surface area contributed by atoms with Gasteiger partial charge in [0.15, 0.2) is 0 Å². The van der Waals surface area contributed by atoms with Crippen LogP contribution in [0.2, 0.25) is 0 Å². The summed E-state index contributed by atoms with van der Waals surface area (Å²) in [5.41, 5.74) is 0. The van der Waals surface area contributed by atoms with Gasteiger partial charge < -0.3 is 5.32 Å². The van der Waals surface area contributed by atoms with Gasteiger partial charge in [-0.2, -0.15) is 12.6 Å². The number of piperidine rings is 1. The van der Waals surface area contributed by atoms with E-state index in [4.69, 9.17) is 0 Å². The molecule has 0 bridgehead atoms. The summed E-state index contributed by atoms with van der Waals surface area (Å²) in [4.78, 5) is 0. The minimum Gasteiger partial charge on any atom is -0.316 e. The van der Waals surface area contributed by atoms with E-state index in [2.05, 4.69) is 24.9 Å². The maximum absolute atomic E-state index is 4.42. The Balaban J connectivity index is 2.28. The van der Waals surface area contributed by atoms with Gasteiger partial charge in [-0.15, -0.1) is 0 Å². The monoisotopic (exact) mass is 131 g/mol. The first kappa shape index (κ1) is 6.43. The number of thiol groups is 1. The Bertz CT molecular complexity index is 64.9. The van der Waals surface area contributed by atoms with Crippen molar-refractivity contribution < 1.29 is 0 Å². The Morgan fingerprint density at radius 2 is 2.38 bits per heavy atom. The molecule has 0 amide bonds. The van der Waals surface area contributed by atoms with Crippen LogP contribution in [0.25, 0.3) is 0 Å². The molecule has 8 heavy (non-hydrogen) atoms. The Morgan fingerprint density at radius 3 is 2.75 bits per heavy atom. The summed E-state index contributed by atoms with van der Waals surface area (Å²) in [6.45, 7) is 4.54. The molecule has 1 heterocycles. The molecule has 48 valence electrons. The number of hydrogen-bond donors (Lipinski definition) is 2. The first-order chi connectivity index (χ1) is 3.80. The standard InChI is InChI=1S/C6H13NS/c1-5-4-7-3-2-6(5)8/h5-8H,2-4H2,1H3/t5-,6?/m1/s1. The van der Waals surface area contributed by atoms with E-state index >= 15 is 0 Å². The van der Waals surface area contributed by atoms with Crippen LogP contribution in [0.15, 0.2) is 0 Å². The molecule has 1 unspecified atom stereocenters. The highest BCUT2D eigenvalue weighted by Gasteiger charge is 2.15. The number of hydrogen-bond acceptors (Lipinski definition) is 2. The summed E-state index contributed by atoms with van der Waals surface area (Å²) < 4.78 is 0. The van der Waals surface area contributed by atoms with Crippen LogP contribution in [0.3, 0.4) is 0 Å². The van der Waals surface area contributed by atoms with Gasteiger partial charge >= 0.3 is 0 Å². The molecule has 0 aromatic heterocycles. The zero-order valence-corrected chi connectivity index (χ0v) is 6.12. The first-order valence-corrected chi connectivity index (χ1v) is 3.71. The molecule has 1 N–H and O–H groups in total. The molecule has 2 heteroatoms. The first-order valence-electron chi connectivity index (χ1n) is 3.19. The summed E-state index contributed by atoms with van der Waals surface area (Å²) in [7, 11) is 0. The molecule has 0 aliphatic carbocycles. The van der Waals surface area contributed by atoms with E-state index in [1.165, 1.54) is 6.42 Å². The molecule has 1 saturated heterocycles. The average Bonchev–Trinajstić information content (AvgIpc) is 1.77. The van der Waals surface area contributed by atoms with Crippen molar-refractivity contribution in [2.75, 3.05) is 13.1 Å². The molecule has 0 saturated carbocycles. The van der Waals surface area contributed by atoms with Crippen LogP contribution in [0.1, 0.15) is 13.3 Å². The van der Waals surface area contributed by atoms with Crippen LogP contribution in [0, 0.1) is 5.92 Å². The van der Waals surface area contributed by atoms with Crippen LogP contribution in [-0.4, -0.2) is 18.3 Å². The fourth-order valence-electron chi connectivity index (χ4n) is 1.00. The van der Waals surface area contributed by atoms with Gasteiger partial charge in [0, 0.05) is 5.25 Å². The van der Waals surface area contributed by atoms with E-state index < -0.39 is 0 Å². The summed E-state index contributed by atoms with van der Waals surface area (Å²) in [6.07, 6.45) is 1.23. The van der Waals surface area contributed by atoms with Crippen molar-refractivity contribution in [2.24, 2.45) is 5.92 Å². The molecular weight excluding hydrogens is 118 g/mol. The van der Waals surface area contributed by atoms with Crippen molar-refractivity contribution in [3.8, 4) is 0 Å². The SMILES string of the molecule is C[C@@H]1CNCCC1S. The van der Waals surface area contributed by atoms with Crippen molar-refractivity contribution in [1.82, 2.24) is 5.32 Å². The second kappa shape index (κ2) is 2.74. The molecule has 1 rings (SSSR count). The largest absolute Gasteiger partial charge is 0.316 e. The molecule has 0 aromatic carbocycles. The highest BCUT2D eigenvalue weighted by atomic mass is 32.1. The third-order valence-electron chi connectivity index (χ3n) is 1.74. The molecule has 0 spiro atoms. The van der Waals surface area contributed by atoms with Crippen LogP contribution in [-0.2, 0) is 0 Å². The normalized spacial score (nSPS) is 39.8. The van der Waals surface area contributed by atoms with E-state index in [1.54, 1.807) is 0 Å². The van der Waals surface area contributed by atoms with E-state index in [1.807, 2.05) is 0 Å². The highest BCUT2D eigenvalue weighted by molar-refractivity contribution is 7.81. The predicted molar refractivity (Wildman–Crippen MR) is 39.4 cm³/mol. The smallest absolute Gasteiger partial charge is 0.00666 e. The molecule has 1 nitrogen and oxygen atoms in total. The summed E-state index contributed by atoms with van der Waals surface area (Å²) >= 11 is 4.42.